The molecular formula is C36H24N4S. The van der Waals surface area contributed by atoms with Gasteiger partial charge in [-0.2, -0.15) is 0 Å². The summed E-state index contributed by atoms with van der Waals surface area (Å²) in [6.45, 7) is 2.14. The third-order valence-electron chi connectivity index (χ3n) is 7.69. The molecule has 0 spiro atoms. The monoisotopic (exact) mass is 544 g/mol. The molecule has 0 atom stereocenters. The highest BCUT2D eigenvalue weighted by atomic mass is 32.1. The zero-order chi connectivity index (χ0) is 27.3. The number of nitrogens with zero attached hydrogens (tertiary/aromatic N) is 4. The summed E-state index contributed by atoms with van der Waals surface area (Å²) in [6.07, 6.45) is 2.70. The second-order valence-corrected chi connectivity index (χ2v) is 11.2. The molecule has 8 aromatic rings. The van der Waals surface area contributed by atoms with Crippen molar-refractivity contribution in [2.75, 3.05) is 0 Å². The average molecular weight is 545 g/mol. The van der Waals surface area contributed by atoms with Gasteiger partial charge in [0.25, 0.3) is 0 Å². The summed E-state index contributed by atoms with van der Waals surface area (Å²) >= 11 is 1.76. The minimum atomic E-state index is 0.732. The number of aryl methyl sites for hydroxylation is 1. The number of hydrogen-bond acceptors (Lipinski definition) is 5. The maximum absolute atomic E-state index is 5.13. The van der Waals surface area contributed by atoms with Crippen LogP contribution in [0, 0.1) is 0 Å². The Labute approximate surface area is 241 Å². The van der Waals surface area contributed by atoms with Crippen LogP contribution in [0.1, 0.15) is 12.6 Å². The maximum Gasteiger partial charge on any atom is 0.160 e. The predicted molar refractivity (Wildman–Crippen MR) is 171 cm³/mol. The third kappa shape index (κ3) is 3.97. The fourth-order valence-corrected chi connectivity index (χ4v) is 6.76. The molecule has 4 heterocycles. The topological polar surface area (TPSA) is 51.6 Å². The van der Waals surface area contributed by atoms with Gasteiger partial charge in [-0.15, -0.1) is 11.3 Å². The molecule has 0 saturated carbocycles. The lowest BCUT2D eigenvalue weighted by molar-refractivity contribution is 1.06. The first-order chi connectivity index (χ1) is 20.3. The van der Waals surface area contributed by atoms with Crippen molar-refractivity contribution in [1.82, 2.24) is 19.9 Å². The van der Waals surface area contributed by atoms with E-state index in [9.17, 15) is 0 Å². The zero-order valence-corrected chi connectivity index (χ0v) is 23.2. The van der Waals surface area contributed by atoms with E-state index in [0.717, 1.165) is 77.9 Å². The Kier molecular flexibility index (Phi) is 5.57. The van der Waals surface area contributed by atoms with E-state index >= 15 is 0 Å². The molecule has 41 heavy (non-hydrogen) atoms. The Morgan fingerprint density at radius 1 is 0.610 bits per heavy atom. The Morgan fingerprint density at radius 2 is 1.41 bits per heavy atom. The number of thiophene rings is 1. The summed E-state index contributed by atoms with van der Waals surface area (Å²) in [6, 6.07) is 38.1. The number of rotatable bonds is 4. The summed E-state index contributed by atoms with van der Waals surface area (Å²) in [5.41, 5.74) is 9.31. The van der Waals surface area contributed by atoms with Crippen LogP contribution in [-0.2, 0) is 6.42 Å². The lowest BCUT2D eigenvalue weighted by atomic mass is 9.97. The van der Waals surface area contributed by atoms with Gasteiger partial charge < -0.3 is 0 Å². The highest BCUT2D eigenvalue weighted by Crippen LogP contribution is 2.39. The molecule has 0 amide bonds. The smallest absolute Gasteiger partial charge is 0.160 e. The van der Waals surface area contributed by atoms with Crippen molar-refractivity contribution in [3.8, 4) is 33.8 Å². The zero-order valence-electron chi connectivity index (χ0n) is 22.4. The van der Waals surface area contributed by atoms with Crippen LogP contribution in [0.5, 0.6) is 0 Å². The highest BCUT2D eigenvalue weighted by Gasteiger charge is 2.17. The van der Waals surface area contributed by atoms with Crippen LogP contribution < -0.4 is 0 Å². The van der Waals surface area contributed by atoms with Crippen molar-refractivity contribution < 1.29 is 0 Å². The average Bonchev–Trinajstić information content (AvgIpc) is 3.43. The largest absolute Gasteiger partial charge is 0.254 e. The van der Waals surface area contributed by atoms with Crippen LogP contribution in [-0.4, -0.2) is 19.9 Å². The van der Waals surface area contributed by atoms with Gasteiger partial charge in [-0.3, -0.25) is 9.97 Å². The lowest BCUT2D eigenvalue weighted by Gasteiger charge is -2.12. The van der Waals surface area contributed by atoms with Gasteiger partial charge in [0.15, 0.2) is 5.82 Å². The number of fused-ring (bicyclic) bond motifs is 6. The molecule has 4 aromatic heterocycles. The van der Waals surface area contributed by atoms with Crippen molar-refractivity contribution in [3.63, 3.8) is 0 Å². The van der Waals surface area contributed by atoms with Crippen molar-refractivity contribution >= 4 is 53.4 Å². The molecule has 5 heteroatoms. The number of benzene rings is 4. The van der Waals surface area contributed by atoms with Gasteiger partial charge in [-0.05, 0) is 35.7 Å². The Hall–Kier alpha value is -5.00. The van der Waals surface area contributed by atoms with E-state index in [4.69, 9.17) is 15.0 Å². The van der Waals surface area contributed by atoms with E-state index in [1.54, 1.807) is 11.3 Å². The molecule has 0 fully saturated rings. The molecule has 194 valence electrons. The third-order valence-corrected chi connectivity index (χ3v) is 8.85. The second-order valence-electron chi connectivity index (χ2n) is 10.2. The molecule has 0 unspecified atom stereocenters. The first-order valence-corrected chi connectivity index (χ1v) is 14.6. The Balaban J connectivity index is 1.30. The lowest BCUT2D eigenvalue weighted by Crippen LogP contribution is -1.95. The normalized spacial score (nSPS) is 11.6. The quantitative estimate of drug-likeness (QED) is 0.207. The minimum Gasteiger partial charge on any atom is -0.254 e. The summed E-state index contributed by atoms with van der Waals surface area (Å²) < 4.78 is 2.34. The van der Waals surface area contributed by atoms with Gasteiger partial charge in [-0.1, -0.05) is 97.9 Å². The van der Waals surface area contributed by atoms with Gasteiger partial charge in [0.2, 0.25) is 0 Å². The molecule has 4 aromatic carbocycles. The second kappa shape index (κ2) is 9.58. The van der Waals surface area contributed by atoms with Gasteiger partial charge >= 0.3 is 0 Å². The van der Waals surface area contributed by atoms with E-state index < -0.39 is 0 Å². The van der Waals surface area contributed by atoms with E-state index in [1.807, 2.05) is 18.3 Å². The van der Waals surface area contributed by atoms with Crippen LogP contribution in [0.25, 0.3) is 75.9 Å². The summed E-state index contributed by atoms with van der Waals surface area (Å²) in [5, 5.41) is 3.38. The van der Waals surface area contributed by atoms with Crippen molar-refractivity contribution in [2.24, 2.45) is 0 Å². The van der Waals surface area contributed by atoms with Gasteiger partial charge in [0, 0.05) is 43.9 Å². The van der Waals surface area contributed by atoms with Gasteiger partial charge in [0.1, 0.15) is 0 Å². The molecule has 8 rings (SSSR count). The van der Waals surface area contributed by atoms with Crippen molar-refractivity contribution in [3.05, 3.63) is 121 Å². The summed E-state index contributed by atoms with van der Waals surface area (Å²) in [4.78, 5) is 19.9. The van der Waals surface area contributed by atoms with E-state index in [-0.39, 0.29) is 0 Å². The molecule has 4 nitrogen and oxygen atoms in total. The van der Waals surface area contributed by atoms with Crippen LogP contribution in [0.3, 0.4) is 0 Å². The first kappa shape index (κ1) is 23.9. The molecular weight excluding hydrogens is 520 g/mol. The van der Waals surface area contributed by atoms with E-state index in [2.05, 4.69) is 109 Å². The van der Waals surface area contributed by atoms with Crippen LogP contribution >= 0.6 is 11.3 Å². The first-order valence-electron chi connectivity index (χ1n) is 13.8. The van der Waals surface area contributed by atoms with Gasteiger partial charge in [-0.25, -0.2) is 9.97 Å². The minimum absolute atomic E-state index is 0.732. The predicted octanol–water partition coefficient (Wildman–Crippen LogP) is 9.50. The Morgan fingerprint density at radius 3 is 2.27 bits per heavy atom. The molecule has 0 radical (unpaired) electrons. The SMILES string of the molecule is CCc1cc(-c2ccc(-c3nc(-c4ccccc4)c4sc5ccccc5c4n3)cc2)c2ccc3cccnc3c2n1. The van der Waals surface area contributed by atoms with Crippen molar-refractivity contribution in [1.29, 1.82) is 0 Å². The van der Waals surface area contributed by atoms with E-state index in [0.29, 0.717) is 0 Å². The summed E-state index contributed by atoms with van der Waals surface area (Å²) in [5.74, 6) is 0.732. The van der Waals surface area contributed by atoms with E-state index in [1.165, 1.54) is 10.1 Å². The van der Waals surface area contributed by atoms with Crippen LogP contribution in [0.15, 0.2) is 115 Å². The van der Waals surface area contributed by atoms with Crippen molar-refractivity contribution in [2.45, 2.75) is 13.3 Å². The molecule has 0 bridgehead atoms. The van der Waals surface area contributed by atoms with Crippen LogP contribution in [0.4, 0.5) is 0 Å². The molecule has 0 N–H and O–H groups in total. The maximum atomic E-state index is 5.13. The van der Waals surface area contributed by atoms with Crippen LogP contribution in [0.2, 0.25) is 0 Å². The number of hydrogen-bond donors (Lipinski definition) is 0. The standard InChI is InChI=1S/C36H24N4S/c1-2-26-21-29(27-19-18-24-11-8-20-37-31(24)33(27)38-26)22-14-16-25(17-15-22)36-39-32(23-9-4-3-5-10-23)35-34(40-36)28-12-6-7-13-30(28)41-35/h3-21H,2H2,1H3. The van der Waals surface area contributed by atoms with Gasteiger partial charge in [0.05, 0.1) is 26.9 Å². The molecule has 0 aliphatic heterocycles. The molecule has 0 saturated heterocycles. The molecule has 0 aliphatic rings. The number of aromatic nitrogens is 4. The summed E-state index contributed by atoms with van der Waals surface area (Å²) in [7, 11) is 0. The highest BCUT2D eigenvalue weighted by molar-refractivity contribution is 7.26. The Bertz CT molecular complexity index is 2240. The fraction of sp³-hybridized carbons (Fsp3) is 0.0556. The number of pyridine rings is 2. The molecule has 0 aliphatic carbocycles. The fourth-order valence-electron chi connectivity index (χ4n) is 5.61.